The summed E-state index contributed by atoms with van der Waals surface area (Å²) in [6.45, 7) is 3.30. The van der Waals surface area contributed by atoms with Crippen LogP contribution in [0.4, 0.5) is 0 Å². The quantitative estimate of drug-likeness (QED) is 0.759. The molecule has 3 aliphatic rings. The van der Waals surface area contributed by atoms with Crippen molar-refractivity contribution in [3.8, 4) is 10.6 Å². The lowest BCUT2D eigenvalue weighted by molar-refractivity contribution is 0.0618. The summed E-state index contributed by atoms with van der Waals surface area (Å²) in [7, 11) is 0. The Morgan fingerprint density at radius 1 is 1.32 bits per heavy atom. The van der Waals surface area contributed by atoms with Crippen molar-refractivity contribution in [1.29, 1.82) is 0 Å². The lowest BCUT2D eigenvalue weighted by Crippen LogP contribution is -2.57. The maximum absolute atomic E-state index is 12.8. The molecule has 1 atom stereocenters. The van der Waals surface area contributed by atoms with E-state index in [0.717, 1.165) is 28.0 Å². The molecule has 1 aromatic carbocycles. The number of nitrogens with one attached hydrogen (secondary N) is 2. The highest BCUT2D eigenvalue weighted by atomic mass is 32.1. The first-order valence-electron chi connectivity index (χ1n) is 8.69. The molecule has 2 bridgehead atoms. The van der Waals surface area contributed by atoms with Gasteiger partial charge in [0.05, 0.1) is 5.52 Å². The van der Waals surface area contributed by atoms with Gasteiger partial charge in [-0.3, -0.25) is 9.89 Å². The van der Waals surface area contributed by atoms with Gasteiger partial charge in [0.2, 0.25) is 0 Å². The highest BCUT2D eigenvalue weighted by Crippen LogP contribution is 2.29. The average Bonchev–Trinajstić information content (AvgIpc) is 3.32. The van der Waals surface area contributed by atoms with Gasteiger partial charge in [0.15, 0.2) is 5.69 Å². The summed E-state index contributed by atoms with van der Waals surface area (Å²) in [5.74, 6) is 0.530. The number of benzene rings is 1. The van der Waals surface area contributed by atoms with Crippen LogP contribution >= 0.6 is 11.3 Å². The Balaban J connectivity index is 1.40. The minimum atomic E-state index is -0.0769. The molecule has 0 aliphatic carbocycles. The van der Waals surface area contributed by atoms with Crippen LogP contribution in [-0.2, 0) is 0 Å². The molecule has 5 heterocycles. The van der Waals surface area contributed by atoms with Gasteiger partial charge < -0.3 is 10.2 Å². The van der Waals surface area contributed by atoms with E-state index >= 15 is 0 Å². The molecule has 0 spiro atoms. The van der Waals surface area contributed by atoms with Gasteiger partial charge in [-0.05, 0) is 44.0 Å². The third kappa shape index (κ3) is 2.63. The number of H-pyrrole nitrogens is 1. The molecule has 1 amide bonds. The Labute approximate surface area is 149 Å². The third-order valence-corrected chi connectivity index (χ3v) is 6.25. The second-order valence-corrected chi connectivity index (χ2v) is 7.78. The van der Waals surface area contributed by atoms with E-state index in [0.29, 0.717) is 11.6 Å². The van der Waals surface area contributed by atoms with Crippen molar-refractivity contribution in [2.24, 2.45) is 5.92 Å². The first kappa shape index (κ1) is 15.0. The lowest BCUT2D eigenvalue weighted by atomic mass is 9.84. The van der Waals surface area contributed by atoms with E-state index in [2.05, 4.69) is 25.4 Å². The van der Waals surface area contributed by atoms with Crippen LogP contribution < -0.4 is 5.32 Å². The molecule has 128 valence electrons. The predicted octanol–water partition coefficient (Wildman–Crippen LogP) is 2.51. The number of piperidine rings is 3. The van der Waals surface area contributed by atoms with Gasteiger partial charge in [0, 0.05) is 35.1 Å². The molecule has 3 aromatic rings. The van der Waals surface area contributed by atoms with Crippen LogP contribution in [0.2, 0.25) is 0 Å². The molecule has 6 nitrogen and oxygen atoms in total. The summed E-state index contributed by atoms with van der Waals surface area (Å²) in [5.41, 5.74) is 2.39. The number of hydrogen-bond donors (Lipinski definition) is 2. The number of hydrogen-bond acceptors (Lipinski definition) is 5. The van der Waals surface area contributed by atoms with Crippen molar-refractivity contribution in [2.75, 3.05) is 19.6 Å². The molecule has 6 rings (SSSR count). The Morgan fingerprint density at radius 3 is 2.92 bits per heavy atom. The molecule has 2 aromatic heterocycles. The van der Waals surface area contributed by atoms with Gasteiger partial charge in [-0.15, -0.1) is 11.3 Å². The fourth-order valence-electron chi connectivity index (χ4n) is 4.06. The van der Waals surface area contributed by atoms with Crippen LogP contribution in [0.3, 0.4) is 0 Å². The molecule has 3 aliphatic heterocycles. The van der Waals surface area contributed by atoms with E-state index in [4.69, 9.17) is 0 Å². The monoisotopic (exact) mass is 353 g/mol. The fraction of sp³-hybridized carbons (Fsp3) is 0.389. The highest BCUT2D eigenvalue weighted by molar-refractivity contribution is 7.13. The molecular formula is C18H19N5OS. The largest absolute Gasteiger partial charge is 0.346 e. The van der Waals surface area contributed by atoms with Gasteiger partial charge in [0.25, 0.3) is 5.91 Å². The fourth-order valence-corrected chi connectivity index (χ4v) is 4.69. The number of carbonyl (C=O) groups excluding carboxylic acids is 1. The second kappa shape index (κ2) is 5.93. The highest BCUT2D eigenvalue weighted by Gasteiger charge is 2.35. The average molecular weight is 353 g/mol. The standard InChI is InChI=1S/C18H19N5OS/c24-17(20-15-10-23-6-3-11(15)4-7-23)16-13-2-1-12(9-14(13)21-22-16)18-19-5-8-25-18/h1-2,5,8-9,11,15H,3-4,6-7,10H2,(H,20,24)(H,21,22)/t15-/m0/s1. The Kier molecular flexibility index (Phi) is 3.57. The zero-order valence-electron chi connectivity index (χ0n) is 13.7. The topological polar surface area (TPSA) is 73.9 Å². The predicted molar refractivity (Wildman–Crippen MR) is 97.6 cm³/mol. The van der Waals surface area contributed by atoms with Crippen molar-refractivity contribution in [2.45, 2.75) is 18.9 Å². The Bertz CT molecular complexity index is 911. The van der Waals surface area contributed by atoms with Crippen molar-refractivity contribution < 1.29 is 4.79 Å². The normalized spacial score (nSPS) is 25.4. The van der Waals surface area contributed by atoms with Gasteiger partial charge in [-0.1, -0.05) is 6.07 Å². The van der Waals surface area contributed by atoms with E-state index in [9.17, 15) is 4.79 Å². The van der Waals surface area contributed by atoms with E-state index < -0.39 is 0 Å². The number of rotatable bonds is 3. The van der Waals surface area contributed by atoms with E-state index in [-0.39, 0.29) is 11.9 Å². The Hall–Kier alpha value is -2.25. The molecular weight excluding hydrogens is 334 g/mol. The zero-order chi connectivity index (χ0) is 16.8. The molecule has 0 unspecified atom stereocenters. The third-order valence-electron chi connectivity index (χ3n) is 5.43. The van der Waals surface area contributed by atoms with Crippen molar-refractivity contribution in [3.63, 3.8) is 0 Å². The minimum absolute atomic E-state index is 0.0769. The van der Waals surface area contributed by atoms with Crippen LogP contribution in [0.15, 0.2) is 29.8 Å². The molecule has 0 radical (unpaired) electrons. The molecule has 7 heteroatoms. The molecule has 25 heavy (non-hydrogen) atoms. The number of fused-ring (bicyclic) bond motifs is 4. The zero-order valence-corrected chi connectivity index (χ0v) is 14.6. The van der Waals surface area contributed by atoms with Crippen LogP contribution in [-0.4, -0.2) is 51.7 Å². The lowest BCUT2D eigenvalue weighted by Gasteiger charge is -2.44. The number of aromatic nitrogens is 3. The summed E-state index contributed by atoms with van der Waals surface area (Å²) in [5, 5.41) is 14.3. The van der Waals surface area contributed by atoms with Gasteiger partial charge in [-0.25, -0.2) is 4.98 Å². The van der Waals surface area contributed by atoms with Gasteiger partial charge >= 0.3 is 0 Å². The maximum Gasteiger partial charge on any atom is 0.272 e. The van der Waals surface area contributed by atoms with Crippen LogP contribution in [0, 0.1) is 5.92 Å². The van der Waals surface area contributed by atoms with Gasteiger partial charge in [0.1, 0.15) is 5.01 Å². The number of thiazole rings is 1. The van der Waals surface area contributed by atoms with Gasteiger partial charge in [-0.2, -0.15) is 5.10 Å². The summed E-state index contributed by atoms with van der Waals surface area (Å²) in [4.78, 5) is 19.5. The van der Waals surface area contributed by atoms with Crippen molar-refractivity contribution in [1.82, 2.24) is 25.4 Å². The SMILES string of the molecule is O=C(N[C@H]1CN2CCC1CC2)c1n[nH]c2cc(-c3nccs3)ccc12. The summed E-state index contributed by atoms with van der Waals surface area (Å²) >= 11 is 1.60. The summed E-state index contributed by atoms with van der Waals surface area (Å²) in [6.07, 6.45) is 4.16. The Morgan fingerprint density at radius 2 is 2.20 bits per heavy atom. The first-order valence-corrected chi connectivity index (χ1v) is 9.57. The number of nitrogens with zero attached hydrogens (tertiary/aromatic N) is 3. The smallest absolute Gasteiger partial charge is 0.272 e. The van der Waals surface area contributed by atoms with Crippen molar-refractivity contribution in [3.05, 3.63) is 35.5 Å². The number of amides is 1. The number of carbonyl (C=O) groups is 1. The summed E-state index contributed by atoms with van der Waals surface area (Å²) < 4.78 is 0. The molecule has 3 saturated heterocycles. The summed E-state index contributed by atoms with van der Waals surface area (Å²) in [6, 6.07) is 6.21. The van der Waals surface area contributed by atoms with Crippen LogP contribution in [0.1, 0.15) is 23.3 Å². The minimum Gasteiger partial charge on any atom is -0.346 e. The van der Waals surface area contributed by atoms with E-state index in [1.54, 1.807) is 17.5 Å². The number of aromatic amines is 1. The van der Waals surface area contributed by atoms with E-state index in [1.165, 1.54) is 25.9 Å². The maximum atomic E-state index is 12.8. The second-order valence-electron chi connectivity index (χ2n) is 6.89. The van der Waals surface area contributed by atoms with E-state index in [1.807, 2.05) is 23.6 Å². The van der Waals surface area contributed by atoms with Crippen molar-refractivity contribution >= 4 is 28.1 Å². The first-order chi connectivity index (χ1) is 12.3. The van der Waals surface area contributed by atoms with Crippen LogP contribution in [0.5, 0.6) is 0 Å². The van der Waals surface area contributed by atoms with Crippen LogP contribution in [0.25, 0.3) is 21.5 Å². The molecule has 3 fully saturated rings. The molecule has 2 N–H and O–H groups in total. The molecule has 0 saturated carbocycles.